The van der Waals surface area contributed by atoms with Gasteiger partial charge in [0.2, 0.25) is 0 Å². The summed E-state index contributed by atoms with van der Waals surface area (Å²) in [7, 11) is 1.68. The fraction of sp³-hybridized carbons (Fsp3) is 0.500. The van der Waals surface area contributed by atoms with Gasteiger partial charge in [0.15, 0.2) is 11.5 Å². The van der Waals surface area contributed by atoms with Crippen molar-refractivity contribution in [3.05, 3.63) is 35.9 Å². The summed E-state index contributed by atoms with van der Waals surface area (Å²) in [6.45, 7) is 7.44. The lowest BCUT2D eigenvalue weighted by molar-refractivity contribution is 0.313. The van der Waals surface area contributed by atoms with Gasteiger partial charge in [-0.25, -0.2) is 0 Å². The van der Waals surface area contributed by atoms with Crippen molar-refractivity contribution in [3.63, 3.8) is 0 Å². The number of nitrogens with one attached hydrogen (secondary N) is 1. The van der Waals surface area contributed by atoms with Gasteiger partial charge in [0.1, 0.15) is 6.61 Å². The SMILES string of the molecule is C=C(CC)COc1c(CNC2CC2)cccc1OC. The van der Waals surface area contributed by atoms with Crippen LogP contribution in [0.5, 0.6) is 11.5 Å². The van der Waals surface area contributed by atoms with Crippen LogP contribution in [0.4, 0.5) is 0 Å². The Bertz CT molecular complexity index is 438. The van der Waals surface area contributed by atoms with Crippen molar-refractivity contribution in [2.75, 3.05) is 13.7 Å². The zero-order valence-corrected chi connectivity index (χ0v) is 11.9. The molecule has 1 fully saturated rings. The van der Waals surface area contributed by atoms with Crippen molar-refractivity contribution in [2.24, 2.45) is 0 Å². The molecule has 3 heteroatoms. The van der Waals surface area contributed by atoms with E-state index in [0.717, 1.165) is 35.6 Å². The van der Waals surface area contributed by atoms with E-state index in [1.807, 2.05) is 12.1 Å². The smallest absolute Gasteiger partial charge is 0.166 e. The Morgan fingerprint density at radius 3 is 2.84 bits per heavy atom. The van der Waals surface area contributed by atoms with Gasteiger partial charge in [-0.05, 0) is 30.9 Å². The summed E-state index contributed by atoms with van der Waals surface area (Å²) in [4.78, 5) is 0. The average Bonchev–Trinajstić information content (AvgIpc) is 3.26. The van der Waals surface area contributed by atoms with Gasteiger partial charge in [0.05, 0.1) is 7.11 Å². The number of hydrogen-bond acceptors (Lipinski definition) is 3. The van der Waals surface area contributed by atoms with E-state index in [1.54, 1.807) is 7.11 Å². The van der Waals surface area contributed by atoms with Crippen LogP contribution >= 0.6 is 0 Å². The maximum absolute atomic E-state index is 5.90. The molecule has 1 saturated carbocycles. The molecule has 0 amide bonds. The summed E-state index contributed by atoms with van der Waals surface area (Å²) in [6, 6.07) is 6.71. The molecule has 0 spiro atoms. The molecular formula is C16H23NO2. The first-order valence-electron chi connectivity index (χ1n) is 6.93. The Hall–Kier alpha value is -1.48. The Balaban J connectivity index is 2.07. The van der Waals surface area contributed by atoms with E-state index in [0.29, 0.717) is 12.6 Å². The molecule has 1 aromatic rings. The molecule has 0 aromatic heterocycles. The molecule has 0 radical (unpaired) electrons. The van der Waals surface area contributed by atoms with E-state index in [-0.39, 0.29) is 0 Å². The molecule has 1 N–H and O–H groups in total. The van der Waals surface area contributed by atoms with Crippen molar-refractivity contribution >= 4 is 0 Å². The maximum Gasteiger partial charge on any atom is 0.166 e. The Kier molecular flexibility index (Phi) is 4.86. The third-order valence-electron chi connectivity index (χ3n) is 3.36. The quantitative estimate of drug-likeness (QED) is 0.728. The fourth-order valence-corrected chi connectivity index (χ4v) is 1.84. The Labute approximate surface area is 115 Å². The molecule has 3 nitrogen and oxygen atoms in total. The summed E-state index contributed by atoms with van der Waals surface area (Å²) in [5, 5.41) is 3.51. The molecule has 0 saturated heterocycles. The molecule has 104 valence electrons. The number of para-hydroxylation sites is 1. The molecule has 0 bridgehead atoms. The fourth-order valence-electron chi connectivity index (χ4n) is 1.84. The minimum Gasteiger partial charge on any atom is -0.493 e. The van der Waals surface area contributed by atoms with Gasteiger partial charge in [-0.3, -0.25) is 0 Å². The summed E-state index contributed by atoms with van der Waals surface area (Å²) < 4.78 is 11.3. The number of benzene rings is 1. The molecular weight excluding hydrogens is 238 g/mol. The molecule has 1 aromatic carbocycles. The first kappa shape index (κ1) is 13.9. The third kappa shape index (κ3) is 4.00. The highest BCUT2D eigenvalue weighted by Crippen LogP contribution is 2.32. The lowest BCUT2D eigenvalue weighted by Gasteiger charge is -2.16. The van der Waals surface area contributed by atoms with Crippen LogP contribution in [0, 0.1) is 0 Å². The van der Waals surface area contributed by atoms with E-state index in [2.05, 4.69) is 24.9 Å². The lowest BCUT2D eigenvalue weighted by atomic mass is 10.1. The zero-order chi connectivity index (χ0) is 13.7. The summed E-state index contributed by atoms with van der Waals surface area (Å²) >= 11 is 0. The number of rotatable bonds is 8. The molecule has 0 heterocycles. The van der Waals surface area contributed by atoms with Gasteiger partial charge in [-0.1, -0.05) is 25.6 Å². The van der Waals surface area contributed by atoms with Crippen LogP contribution in [0.3, 0.4) is 0 Å². The van der Waals surface area contributed by atoms with E-state index < -0.39 is 0 Å². The average molecular weight is 261 g/mol. The second-order valence-corrected chi connectivity index (χ2v) is 5.00. The van der Waals surface area contributed by atoms with Crippen LogP contribution in [0.25, 0.3) is 0 Å². The van der Waals surface area contributed by atoms with E-state index >= 15 is 0 Å². The molecule has 0 aliphatic heterocycles. The highest BCUT2D eigenvalue weighted by Gasteiger charge is 2.21. The monoisotopic (exact) mass is 261 g/mol. The van der Waals surface area contributed by atoms with E-state index in [4.69, 9.17) is 9.47 Å². The minimum absolute atomic E-state index is 0.549. The number of ether oxygens (including phenoxy) is 2. The highest BCUT2D eigenvalue weighted by molar-refractivity contribution is 5.46. The van der Waals surface area contributed by atoms with Gasteiger partial charge in [-0.2, -0.15) is 0 Å². The summed E-state index contributed by atoms with van der Waals surface area (Å²) in [5.41, 5.74) is 2.24. The van der Waals surface area contributed by atoms with Crippen molar-refractivity contribution in [1.29, 1.82) is 0 Å². The minimum atomic E-state index is 0.549. The standard InChI is InChI=1S/C16H23NO2/c1-4-12(2)11-19-16-13(10-17-14-8-9-14)6-5-7-15(16)18-3/h5-7,14,17H,2,4,8-11H2,1,3H3. The van der Waals surface area contributed by atoms with Crippen LogP contribution in [0.1, 0.15) is 31.7 Å². The second-order valence-electron chi connectivity index (χ2n) is 5.00. The van der Waals surface area contributed by atoms with Crippen LogP contribution in [-0.2, 0) is 6.54 Å². The predicted molar refractivity (Wildman–Crippen MR) is 77.8 cm³/mol. The number of hydrogen-bond donors (Lipinski definition) is 1. The van der Waals surface area contributed by atoms with Gasteiger partial charge < -0.3 is 14.8 Å². The van der Waals surface area contributed by atoms with Crippen molar-refractivity contribution in [3.8, 4) is 11.5 Å². The van der Waals surface area contributed by atoms with Gasteiger partial charge in [0, 0.05) is 18.2 Å². The molecule has 0 unspecified atom stereocenters. The first-order valence-corrected chi connectivity index (χ1v) is 6.93. The molecule has 2 rings (SSSR count). The van der Waals surface area contributed by atoms with Crippen LogP contribution in [-0.4, -0.2) is 19.8 Å². The lowest BCUT2D eigenvalue weighted by Crippen LogP contribution is -2.16. The first-order chi connectivity index (χ1) is 9.24. The second kappa shape index (κ2) is 6.62. The Morgan fingerprint density at radius 1 is 1.42 bits per heavy atom. The molecule has 1 aliphatic carbocycles. The van der Waals surface area contributed by atoms with E-state index in [9.17, 15) is 0 Å². The third-order valence-corrected chi connectivity index (χ3v) is 3.36. The van der Waals surface area contributed by atoms with Gasteiger partial charge in [-0.15, -0.1) is 0 Å². The Morgan fingerprint density at radius 2 is 2.21 bits per heavy atom. The van der Waals surface area contributed by atoms with Crippen LogP contribution in [0.15, 0.2) is 30.4 Å². The summed E-state index contributed by atoms with van der Waals surface area (Å²) in [6.07, 6.45) is 3.50. The molecule has 19 heavy (non-hydrogen) atoms. The molecule has 0 atom stereocenters. The normalized spacial score (nSPS) is 14.2. The highest BCUT2D eigenvalue weighted by atomic mass is 16.5. The van der Waals surface area contributed by atoms with Crippen LogP contribution in [0.2, 0.25) is 0 Å². The van der Waals surface area contributed by atoms with Gasteiger partial charge >= 0.3 is 0 Å². The molecule has 1 aliphatic rings. The topological polar surface area (TPSA) is 30.5 Å². The zero-order valence-electron chi connectivity index (χ0n) is 11.9. The summed E-state index contributed by atoms with van der Waals surface area (Å²) in [5.74, 6) is 1.63. The number of methoxy groups -OCH3 is 1. The maximum atomic E-state index is 5.90. The van der Waals surface area contributed by atoms with Gasteiger partial charge in [0.25, 0.3) is 0 Å². The largest absolute Gasteiger partial charge is 0.493 e. The van der Waals surface area contributed by atoms with Crippen molar-refractivity contribution in [1.82, 2.24) is 5.32 Å². The van der Waals surface area contributed by atoms with Crippen LogP contribution < -0.4 is 14.8 Å². The van der Waals surface area contributed by atoms with Crippen molar-refractivity contribution in [2.45, 2.75) is 38.8 Å². The van der Waals surface area contributed by atoms with E-state index in [1.165, 1.54) is 12.8 Å². The predicted octanol–water partition coefficient (Wildman–Crippen LogP) is 3.29. The van der Waals surface area contributed by atoms with Crippen molar-refractivity contribution < 1.29 is 9.47 Å².